The van der Waals surface area contributed by atoms with Crippen molar-refractivity contribution in [2.75, 3.05) is 0 Å². The van der Waals surface area contributed by atoms with E-state index < -0.39 is 0 Å². The summed E-state index contributed by atoms with van der Waals surface area (Å²) in [5.41, 5.74) is 5.01. The van der Waals surface area contributed by atoms with E-state index >= 15 is 0 Å². The molecule has 2 rings (SSSR count). The molecule has 3 heteroatoms. The van der Waals surface area contributed by atoms with Gasteiger partial charge in [-0.25, -0.2) is 0 Å². The van der Waals surface area contributed by atoms with E-state index in [4.69, 9.17) is 0 Å². The summed E-state index contributed by atoms with van der Waals surface area (Å²) >= 11 is -0.00541. The summed E-state index contributed by atoms with van der Waals surface area (Å²) in [5.74, 6) is -0.261. The molecule has 0 aromatic heterocycles. The van der Waals surface area contributed by atoms with E-state index in [1.54, 1.807) is 6.07 Å². The zero-order valence-corrected chi connectivity index (χ0v) is 10.8. The van der Waals surface area contributed by atoms with E-state index in [0.717, 1.165) is 34.1 Å². The van der Waals surface area contributed by atoms with Crippen LogP contribution in [0.4, 0.5) is 4.39 Å². The maximum atomic E-state index is 13.3. The molecule has 0 aliphatic heterocycles. The second kappa shape index (κ2) is 4.91. The van der Waals surface area contributed by atoms with Crippen molar-refractivity contribution in [2.45, 2.75) is 13.3 Å². The van der Waals surface area contributed by atoms with Crippen molar-refractivity contribution in [3.05, 3.63) is 45.7 Å². The molecule has 0 N–H and O–H groups in total. The van der Waals surface area contributed by atoms with Crippen LogP contribution in [0.25, 0.3) is 11.1 Å². The summed E-state index contributed by atoms with van der Waals surface area (Å²) in [6.07, 6.45) is 1.21. The monoisotopic (exact) mass is 242 g/mol. The van der Waals surface area contributed by atoms with E-state index in [-0.39, 0.29) is 20.6 Å². The second-order valence-electron chi connectivity index (χ2n) is 3.98. The molecule has 1 aliphatic carbocycles. The molecule has 17 heavy (non-hydrogen) atoms. The Balaban J connectivity index is 2.67. The molecule has 1 aliphatic rings. The van der Waals surface area contributed by atoms with Gasteiger partial charge in [-0.15, -0.1) is 0 Å². The van der Waals surface area contributed by atoms with E-state index in [9.17, 15) is 9.18 Å². The Morgan fingerprint density at radius 3 is 2.82 bits per heavy atom. The van der Waals surface area contributed by atoms with Crippen LogP contribution in [-0.4, -0.2) is 26.5 Å². The molecule has 84 valence electrons. The summed E-state index contributed by atoms with van der Waals surface area (Å²) < 4.78 is 13.3. The molecule has 0 atom stereocenters. The van der Waals surface area contributed by atoms with Gasteiger partial charge in [-0.05, 0) is 0 Å². The van der Waals surface area contributed by atoms with Crippen LogP contribution in [0.2, 0.25) is 0 Å². The van der Waals surface area contributed by atoms with Gasteiger partial charge in [0.25, 0.3) is 0 Å². The molecule has 0 fully saturated rings. The van der Waals surface area contributed by atoms with Crippen LogP contribution in [0.5, 0.6) is 0 Å². The first kappa shape index (κ1) is 12.2. The number of rotatable bonds is 3. The average molecular weight is 242 g/mol. The van der Waals surface area contributed by atoms with Gasteiger partial charge in [-0.2, -0.15) is 0 Å². The minimum absolute atomic E-state index is 0.00541. The Bertz CT molecular complexity index is 555. The first-order valence-electron chi connectivity index (χ1n) is 5.45. The molecule has 0 spiro atoms. The fourth-order valence-corrected chi connectivity index (χ4v) is 2.91. The van der Waals surface area contributed by atoms with Crippen LogP contribution in [0.1, 0.15) is 24.5 Å². The van der Waals surface area contributed by atoms with Crippen molar-refractivity contribution in [2.24, 2.45) is 0 Å². The van der Waals surface area contributed by atoms with Crippen molar-refractivity contribution in [3.8, 4) is 0 Å². The molecule has 0 amide bonds. The molecule has 0 heterocycles. The molecule has 1 nitrogen and oxygen atoms in total. The fraction of sp³-hybridized carbons (Fsp3) is 0.143. The Morgan fingerprint density at radius 1 is 1.41 bits per heavy atom. The van der Waals surface area contributed by atoms with Gasteiger partial charge < -0.3 is 0 Å². The van der Waals surface area contributed by atoms with Crippen LogP contribution in [0, 0.1) is 5.82 Å². The third kappa shape index (κ3) is 2.09. The van der Waals surface area contributed by atoms with Gasteiger partial charge in [-0.1, -0.05) is 0 Å². The van der Waals surface area contributed by atoms with E-state index in [2.05, 4.69) is 10.3 Å². The van der Waals surface area contributed by atoms with Gasteiger partial charge in [0.2, 0.25) is 0 Å². The molecule has 0 saturated heterocycles. The van der Waals surface area contributed by atoms with Gasteiger partial charge in [-0.3, -0.25) is 0 Å². The number of carbonyl (C=O) groups is 1. The summed E-state index contributed by atoms with van der Waals surface area (Å²) in [4.78, 5) is 12.8. The van der Waals surface area contributed by atoms with Crippen LogP contribution in [-0.2, 0) is 4.79 Å². The predicted molar refractivity (Wildman–Crippen MR) is 70.5 cm³/mol. The quantitative estimate of drug-likeness (QED) is 0.588. The third-order valence-corrected chi connectivity index (χ3v) is 3.59. The Labute approximate surface area is 106 Å². The number of hydrogen-bond acceptors (Lipinski definition) is 1. The number of fused-ring (bicyclic) bond motifs is 1. The SMILES string of the molecule is [CH2]=[Al]/[CH]=C1/C(C)=C(CC=O)c2cc(F)ccc21. The molecule has 1 aromatic rings. The topological polar surface area (TPSA) is 17.1 Å². The zero-order chi connectivity index (χ0) is 12.4. The average Bonchev–Trinajstić information content (AvgIpc) is 2.55. The number of halogens is 1. The Kier molecular flexibility index (Phi) is 3.52. The van der Waals surface area contributed by atoms with Gasteiger partial charge in [0.1, 0.15) is 0 Å². The van der Waals surface area contributed by atoms with Crippen molar-refractivity contribution in [1.29, 1.82) is 0 Å². The van der Waals surface area contributed by atoms with Crippen molar-refractivity contribution < 1.29 is 9.18 Å². The molecular formula is C14H12AlFO. The van der Waals surface area contributed by atoms with E-state index in [1.807, 2.05) is 6.92 Å². The standard InChI is InChI=1S/C13H10FO.CH2.Al/c1-8-9(2)12(5-6-15)13-7-10(14)3-4-11(8)13;;/h1,3-4,6-7H,5H2,2H3;1H2;. The molecule has 0 unspecified atom stereocenters. The number of carbonyl (C=O) groups excluding carboxylic acids is 1. The fourth-order valence-electron chi connectivity index (χ4n) is 2.25. The molecule has 1 aromatic carbocycles. The van der Waals surface area contributed by atoms with Crippen molar-refractivity contribution >= 4 is 37.6 Å². The van der Waals surface area contributed by atoms with Gasteiger partial charge >= 0.3 is 106 Å². The predicted octanol–water partition coefficient (Wildman–Crippen LogP) is 2.68. The number of benzene rings is 1. The van der Waals surface area contributed by atoms with Gasteiger partial charge in [0, 0.05) is 0 Å². The molecular weight excluding hydrogens is 230 g/mol. The maximum absolute atomic E-state index is 13.3. The van der Waals surface area contributed by atoms with Crippen LogP contribution in [0.3, 0.4) is 0 Å². The van der Waals surface area contributed by atoms with Crippen LogP contribution < -0.4 is 0 Å². The molecule has 0 bridgehead atoms. The molecule has 0 saturated carbocycles. The first-order valence-corrected chi connectivity index (χ1v) is 6.94. The van der Waals surface area contributed by atoms with Crippen molar-refractivity contribution in [1.82, 2.24) is 0 Å². The van der Waals surface area contributed by atoms with Crippen LogP contribution in [0.15, 0.2) is 28.7 Å². The summed E-state index contributed by atoms with van der Waals surface area (Å²) in [6.45, 7) is 1.98. The Morgan fingerprint density at radius 2 is 2.18 bits per heavy atom. The van der Waals surface area contributed by atoms with Crippen LogP contribution >= 0.6 is 0 Å². The number of hydrogen-bond donors (Lipinski definition) is 0. The van der Waals surface area contributed by atoms with Gasteiger partial charge in [0.05, 0.1) is 0 Å². The summed E-state index contributed by atoms with van der Waals surface area (Å²) in [7, 11) is 0. The second-order valence-corrected chi connectivity index (χ2v) is 4.79. The van der Waals surface area contributed by atoms with E-state index in [1.165, 1.54) is 12.1 Å². The normalized spacial score (nSPS) is 16.0. The number of aldehydes is 1. The Hall–Kier alpha value is -1.30. The number of allylic oxidation sites excluding steroid dienone is 3. The minimum atomic E-state index is -0.261. The third-order valence-electron chi connectivity index (χ3n) is 3.03. The summed E-state index contributed by atoms with van der Waals surface area (Å²) in [6, 6.07) is 4.76. The molecule has 0 radical (unpaired) electrons. The summed E-state index contributed by atoms with van der Waals surface area (Å²) in [5, 5.41) is 3.89. The zero-order valence-electron chi connectivity index (χ0n) is 9.66. The first-order chi connectivity index (χ1) is 8.19. The van der Waals surface area contributed by atoms with E-state index in [0.29, 0.717) is 6.42 Å². The van der Waals surface area contributed by atoms with Gasteiger partial charge in [0.15, 0.2) is 0 Å². The van der Waals surface area contributed by atoms with Crippen molar-refractivity contribution in [3.63, 3.8) is 0 Å².